The van der Waals surface area contributed by atoms with Gasteiger partial charge in [0.25, 0.3) is 5.91 Å². The van der Waals surface area contributed by atoms with Gasteiger partial charge in [0.2, 0.25) is 5.91 Å². The number of carbonyl (C=O) groups is 4. The van der Waals surface area contributed by atoms with E-state index in [0.717, 1.165) is 0 Å². The normalized spacial score (nSPS) is 10.1. The number of rotatable bonds is 8. The number of carbonyl (C=O) groups excluding carboxylic acids is 4. The van der Waals surface area contributed by atoms with E-state index >= 15 is 0 Å². The number of ketones is 1. The molecule has 2 aromatic carbocycles. The number of amides is 2. The van der Waals surface area contributed by atoms with Gasteiger partial charge in [-0.1, -0.05) is 11.6 Å². The Morgan fingerprint density at radius 2 is 1.54 bits per heavy atom. The average molecular weight is 403 g/mol. The van der Waals surface area contributed by atoms with Gasteiger partial charge >= 0.3 is 5.97 Å². The average Bonchev–Trinajstić information content (AvgIpc) is 2.66. The molecule has 146 valence electrons. The number of halogens is 1. The molecule has 0 unspecified atom stereocenters. The first-order chi connectivity index (χ1) is 13.3. The lowest BCUT2D eigenvalue weighted by molar-refractivity contribution is -0.142. The van der Waals surface area contributed by atoms with Crippen LogP contribution in [0, 0.1) is 0 Å². The minimum Gasteiger partial charge on any atom is -0.457 e. The standard InChI is InChI=1S/C20H19ClN2O5/c1-13(24)23-17-8-4-14(5-9-17)18(25)12-28-19(26)10-11-22-20(27)15-2-6-16(21)7-3-15/h2-9H,10-12H2,1H3,(H,22,27)(H,23,24). The molecule has 28 heavy (non-hydrogen) atoms. The highest BCUT2D eigenvalue weighted by atomic mass is 35.5. The van der Waals surface area contributed by atoms with Gasteiger partial charge in [0, 0.05) is 35.3 Å². The van der Waals surface area contributed by atoms with E-state index in [1.54, 1.807) is 36.4 Å². The van der Waals surface area contributed by atoms with Gasteiger partial charge in [0.05, 0.1) is 6.42 Å². The monoisotopic (exact) mass is 402 g/mol. The van der Waals surface area contributed by atoms with Crippen LogP contribution in [0.3, 0.4) is 0 Å². The molecular weight excluding hydrogens is 384 g/mol. The molecule has 2 aromatic rings. The van der Waals surface area contributed by atoms with Crippen molar-refractivity contribution in [3.63, 3.8) is 0 Å². The van der Waals surface area contributed by atoms with Crippen LogP contribution in [0.5, 0.6) is 0 Å². The predicted octanol–water partition coefficient (Wildman–Crippen LogP) is 2.84. The number of hydrogen-bond acceptors (Lipinski definition) is 5. The van der Waals surface area contributed by atoms with Crippen LogP contribution in [-0.4, -0.2) is 36.7 Å². The molecule has 0 aliphatic heterocycles. The quantitative estimate of drug-likeness (QED) is 0.522. The van der Waals surface area contributed by atoms with Gasteiger partial charge in [-0.3, -0.25) is 19.2 Å². The van der Waals surface area contributed by atoms with Crippen LogP contribution >= 0.6 is 11.6 Å². The van der Waals surface area contributed by atoms with Crippen molar-refractivity contribution in [1.82, 2.24) is 5.32 Å². The van der Waals surface area contributed by atoms with E-state index in [1.807, 2.05) is 0 Å². The zero-order valence-corrected chi connectivity index (χ0v) is 15.9. The van der Waals surface area contributed by atoms with Crippen molar-refractivity contribution < 1.29 is 23.9 Å². The Hall–Kier alpha value is -3.19. The second-order valence-corrected chi connectivity index (χ2v) is 6.29. The number of Topliss-reactive ketones (excluding diaryl/α,β-unsaturated/α-hetero) is 1. The maximum absolute atomic E-state index is 12.0. The van der Waals surface area contributed by atoms with E-state index in [-0.39, 0.29) is 30.6 Å². The van der Waals surface area contributed by atoms with Gasteiger partial charge in [-0.05, 0) is 48.5 Å². The van der Waals surface area contributed by atoms with Crippen molar-refractivity contribution in [2.24, 2.45) is 0 Å². The summed E-state index contributed by atoms with van der Waals surface area (Å²) in [6.45, 7) is 1.07. The van der Waals surface area contributed by atoms with Gasteiger partial charge in [-0.2, -0.15) is 0 Å². The largest absolute Gasteiger partial charge is 0.457 e. The summed E-state index contributed by atoms with van der Waals surface area (Å²) in [5.41, 5.74) is 1.35. The van der Waals surface area contributed by atoms with Crippen LogP contribution in [0.4, 0.5) is 5.69 Å². The lowest BCUT2D eigenvalue weighted by atomic mass is 10.1. The molecule has 0 spiro atoms. The fourth-order valence-electron chi connectivity index (χ4n) is 2.23. The van der Waals surface area contributed by atoms with Crippen molar-refractivity contribution in [2.75, 3.05) is 18.5 Å². The van der Waals surface area contributed by atoms with Gasteiger partial charge in [-0.15, -0.1) is 0 Å². The molecule has 0 fully saturated rings. The van der Waals surface area contributed by atoms with Gasteiger partial charge in [0.1, 0.15) is 0 Å². The third-order valence-corrected chi connectivity index (χ3v) is 3.86. The van der Waals surface area contributed by atoms with Crippen molar-refractivity contribution >= 4 is 40.9 Å². The smallest absolute Gasteiger partial charge is 0.308 e. The Labute approximate surface area is 167 Å². The molecule has 0 heterocycles. The van der Waals surface area contributed by atoms with E-state index in [4.69, 9.17) is 16.3 Å². The van der Waals surface area contributed by atoms with Crippen LogP contribution < -0.4 is 10.6 Å². The summed E-state index contributed by atoms with van der Waals surface area (Å²) in [4.78, 5) is 46.6. The van der Waals surface area contributed by atoms with Crippen molar-refractivity contribution in [3.05, 3.63) is 64.7 Å². The zero-order valence-electron chi connectivity index (χ0n) is 15.2. The zero-order chi connectivity index (χ0) is 20.5. The van der Waals surface area contributed by atoms with Crippen molar-refractivity contribution in [2.45, 2.75) is 13.3 Å². The molecule has 0 aromatic heterocycles. The third kappa shape index (κ3) is 6.85. The van der Waals surface area contributed by atoms with Crippen LogP contribution in [0.25, 0.3) is 0 Å². The number of nitrogens with one attached hydrogen (secondary N) is 2. The Kier molecular flexibility index (Phi) is 7.71. The second-order valence-electron chi connectivity index (χ2n) is 5.86. The Morgan fingerprint density at radius 1 is 0.929 bits per heavy atom. The van der Waals surface area contributed by atoms with Crippen LogP contribution in [0.2, 0.25) is 5.02 Å². The molecule has 0 aliphatic rings. The first-order valence-corrected chi connectivity index (χ1v) is 8.83. The topological polar surface area (TPSA) is 102 Å². The number of benzene rings is 2. The first-order valence-electron chi connectivity index (χ1n) is 8.45. The van der Waals surface area contributed by atoms with Crippen LogP contribution in [0.15, 0.2) is 48.5 Å². The number of ether oxygens (including phenoxy) is 1. The number of anilines is 1. The highest BCUT2D eigenvalue weighted by Gasteiger charge is 2.11. The maximum Gasteiger partial charge on any atom is 0.308 e. The molecule has 8 heteroatoms. The van der Waals surface area contributed by atoms with E-state index in [9.17, 15) is 19.2 Å². The molecule has 0 radical (unpaired) electrons. The summed E-state index contributed by atoms with van der Waals surface area (Å²) >= 11 is 5.76. The molecule has 0 aliphatic carbocycles. The summed E-state index contributed by atoms with van der Waals surface area (Å²) in [6.07, 6.45) is -0.0614. The Morgan fingerprint density at radius 3 is 2.14 bits per heavy atom. The summed E-state index contributed by atoms with van der Waals surface area (Å²) in [5, 5.41) is 5.70. The molecule has 7 nitrogen and oxygen atoms in total. The lowest BCUT2D eigenvalue weighted by Gasteiger charge is -2.07. The fourth-order valence-corrected chi connectivity index (χ4v) is 2.35. The summed E-state index contributed by atoms with van der Waals surface area (Å²) in [7, 11) is 0. The van der Waals surface area contributed by atoms with Crippen molar-refractivity contribution in [3.8, 4) is 0 Å². The molecule has 0 saturated heterocycles. The predicted molar refractivity (Wildman–Crippen MR) is 104 cm³/mol. The molecule has 0 atom stereocenters. The van der Waals surface area contributed by atoms with Gasteiger partial charge in [-0.25, -0.2) is 0 Å². The highest BCUT2D eigenvalue weighted by Crippen LogP contribution is 2.11. The molecule has 2 amide bonds. The first kappa shape index (κ1) is 21.1. The van der Waals surface area contributed by atoms with Crippen LogP contribution in [0.1, 0.15) is 34.1 Å². The maximum atomic E-state index is 12.0. The third-order valence-electron chi connectivity index (χ3n) is 3.61. The lowest BCUT2D eigenvalue weighted by Crippen LogP contribution is -2.27. The van der Waals surface area contributed by atoms with Crippen LogP contribution in [-0.2, 0) is 14.3 Å². The molecular formula is C20H19ClN2O5. The fraction of sp³-hybridized carbons (Fsp3) is 0.200. The molecule has 0 saturated carbocycles. The van der Waals surface area contributed by atoms with E-state index in [1.165, 1.54) is 19.1 Å². The highest BCUT2D eigenvalue weighted by molar-refractivity contribution is 6.30. The number of hydrogen-bond donors (Lipinski definition) is 2. The van der Waals surface area contributed by atoms with Crippen molar-refractivity contribution in [1.29, 1.82) is 0 Å². The molecule has 2 rings (SSSR count). The van der Waals surface area contributed by atoms with E-state index in [0.29, 0.717) is 21.8 Å². The van der Waals surface area contributed by atoms with E-state index < -0.39 is 12.6 Å². The Balaban J connectivity index is 1.71. The SMILES string of the molecule is CC(=O)Nc1ccc(C(=O)COC(=O)CCNC(=O)c2ccc(Cl)cc2)cc1. The minimum atomic E-state index is -0.598. The second kappa shape index (κ2) is 10.2. The van der Waals surface area contributed by atoms with E-state index in [2.05, 4.69) is 10.6 Å². The minimum absolute atomic E-state index is 0.0614. The summed E-state index contributed by atoms with van der Waals surface area (Å²) in [5.74, 6) is -1.51. The molecule has 2 N–H and O–H groups in total. The molecule has 0 bridgehead atoms. The van der Waals surface area contributed by atoms with Gasteiger partial charge in [0.15, 0.2) is 12.4 Å². The Bertz CT molecular complexity index is 863. The summed E-state index contributed by atoms with van der Waals surface area (Å²) in [6, 6.07) is 12.6. The van der Waals surface area contributed by atoms with Gasteiger partial charge < -0.3 is 15.4 Å². The number of esters is 1. The summed E-state index contributed by atoms with van der Waals surface area (Å²) < 4.78 is 4.93.